The minimum atomic E-state index is -0.980. The van der Waals surface area contributed by atoms with Crippen LogP contribution in [-0.2, 0) is 14.3 Å². The molecule has 0 bridgehead atoms. The lowest BCUT2D eigenvalue weighted by Gasteiger charge is -2.17. The minimum absolute atomic E-state index is 0.0769. The van der Waals surface area contributed by atoms with E-state index in [-0.39, 0.29) is 18.4 Å². The van der Waals surface area contributed by atoms with Crippen molar-refractivity contribution in [1.29, 1.82) is 0 Å². The zero-order valence-electron chi connectivity index (χ0n) is 9.31. The molecule has 5 heteroatoms. The first-order valence-electron chi connectivity index (χ1n) is 5.32. The molecule has 2 atom stereocenters. The van der Waals surface area contributed by atoms with Gasteiger partial charge in [-0.25, -0.2) is 4.79 Å². The standard InChI is InChI=1S/C11H17NO4/c1-3-6-16-7(2)10(13)12-9(11(14)15)8-4-5-8/h3,7-9H,1,4-6H2,2H3,(H,12,13)(H,14,15). The molecule has 90 valence electrons. The van der Waals surface area contributed by atoms with E-state index < -0.39 is 18.1 Å². The SMILES string of the molecule is C=CCOC(C)C(=O)NC(C(=O)O)C1CC1. The van der Waals surface area contributed by atoms with Crippen LogP contribution < -0.4 is 5.32 Å². The van der Waals surface area contributed by atoms with Crippen molar-refractivity contribution in [3.8, 4) is 0 Å². The van der Waals surface area contributed by atoms with Gasteiger partial charge >= 0.3 is 5.97 Å². The number of hydrogen-bond acceptors (Lipinski definition) is 3. The van der Waals surface area contributed by atoms with E-state index in [1.807, 2.05) is 0 Å². The van der Waals surface area contributed by atoms with Gasteiger partial charge in [-0.15, -0.1) is 6.58 Å². The Kier molecular flexibility index (Phi) is 4.49. The van der Waals surface area contributed by atoms with Crippen LogP contribution in [0.15, 0.2) is 12.7 Å². The first-order chi connectivity index (χ1) is 7.56. The molecule has 1 saturated carbocycles. The number of carboxylic acids is 1. The maximum atomic E-state index is 11.6. The van der Waals surface area contributed by atoms with Crippen molar-refractivity contribution in [3.63, 3.8) is 0 Å². The van der Waals surface area contributed by atoms with Crippen LogP contribution >= 0.6 is 0 Å². The third-order valence-electron chi connectivity index (χ3n) is 2.49. The summed E-state index contributed by atoms with van der Waals surface area (Å²) in [4.78, 5) is 22.4. The van der Waals surface area contributed by atoms with E-state index in [0.717, 1.165) is 12.8 Å². The molecule has 1 aliphatic rings. The Morgan fingerprint density at radius 1 is 1.62 bits per heavy atom. The number of carbonyl (C=O) groups excluding carboxylic acids is 1. The van der Waals surface area contributed by atoms with Crippen molar-refractivity contribution in [2.45, 2.75) is 31.9 Å². The monoisotopic (exact) mass is 227 g/mol. The molecule has 2 N–H and O–H groups in total. The molecule has 5 nitrogen and oxygen atoms in total. The van der Waals surface area contributed by atoms with E-state index >= 15 is 0 Å². The summed E-state index contributed by atoms with van der Waals surface area (Å²) in [6.45, 7) is 5.33. The van der Waals surface area contributed by atoms with Gasteiger partial charge in [0.2, 0.25) is 5.91 Å². The van der Waals surface area contributed by atoms with Crippen LogP contribution in [0.3, 0.4) is 0 Å². The molecule has 1 fully saturated rings. The molecule has 0 aromatic heterocycles. The van der Waals surface area contributed by atoms with Crippen molar-refractivity contribution < 1.29 is 19.4 Å². The van der Waals surface area contributed by atoms with E-state index in [9.17, 15) is 9.59 Å². The quantitative estimate of drug-likeness (QED) is 0.623. The third kappa shape index (κ3) is 3.66. The second-order valence-electron chi connectivity index (χ2n) is 3.93. The number of aliphatic carboxylic acids is 1. The molecular formula is C11H17NO4. The van der Waals surface area contributed by atoms with E-state index in [1.165, 1.54) is 0 Å². The normalized spacial score (nSPS) is 18.6. The number of amides is 1. The Bertz CT molecular complexity index is 286. The molecule has 1 rings (SSSR count). The predicted molar refractivity (Wildman–Crippen MR) is 57.9 cm³/mol. The molecule has 0 aliphatic heterocycles. The number of hydrogen-bond donors (Lipinski definition) is 2. The maximum absolute atomic E-state index is 11.6. The Labute approximate surface area is 94.5 Å². The fraction of sp³-hybridized carbons (Fsp3) is 0.636. The summed E-state index contributed by atoms with van der Waals surface area (Å²) in [5.74, 6) is -1.29. The Balaban J connectivity index is 2.41. The topological polar surface area (TPSA) is 75.6 Å². The van der Waals surface area contributed by atoms with Crippen LogP contribution in [0.25, 0.3) is 0 Å². The van der Waals surface area contributed by atoms with E-state index in [0.29, 0.717) is 0 Å². The number of nitrogens with one attached hydrogen (secondary N) is 1. The van der Waals surface area contributed by atoms with Crippen LogP contribution in [-0.4, -0.2) is 35.7 Å². The lowest BCUT2D eigenvalue weighted by Crippen LogP contribution is -2.46. The van der Waals surface area contributed by atoms with E-state index in [1.54, 1.807) is 13.0 Å². The number of ether oxygens (including phenoxy) is 1. The summed E-state index contributed by atoms with van der Waals surface area (Å²) in [7, 11) is 0. The molecule has 1 aliphatic carbocycles. The molecule has 0 aromatic rings. The largest absolute Gasteiger partial charge is 0.480 e. The summed E-state index contributed by atoms with van der Waals surface area (Å²) in [5, 5.41) is 11.4. The van der Waals surface area contributed by atoms with Crippen molar-refractivity contribution in [2.24, 2.45) is 5.92 Å². The van der Waals surface area contributed by atoms with Crippen molar-refractivity contribution in [1.82, 2.24) is 5.32 Å². The second kappa shape index (κ2) is 5.65. The highest BCUT2D eigenvalue weighted by Crippen LogP contribution is 2.32. The average Bonchev–Trinajstić information content (AvgIpc) is 3.05. The number of carboxylic acid groups (broad SMARTS) is 1. The molecular weight excluding hydrogens is 210 g/mol. The zero-order chi connectivity index (χ0) is 12.1. The summed E-state index contributed by atoms with van der Waals surface area (Å²) >= 11 is 0. The van der Waals surface area contributed by atoms with Crippen LogP contribution in [0.4, 0.5) is 0 Å². The zero-order valence-corrected chi connectivity index (χ0v) is 9.31. The second-order valence-corrected chi connectivity index (χ2v) is 3.93. The Morgan fingerprint density at radius 3 is 2.69 bits per heavy atom. The van der Waals surface area contributed by atoms with Gasteiger partial charge in [0, 0.05) is 0 Å². The maximum Gasteiger partial charge on any atom is 0.326 e. The van der Waals surface area contributed by atoms with E-state index in [4.69, 9.17) is 9.84 Å². The van der Waals surface area contributed by atoms with Gasteiger partial charge in [0.25, 0.3) is 0 Å². The smallest absolute Gasteiger partial charge is 0.326 e. The van der Waals surface area contributed by atoms with Gasteiger partial charge in [-0.05, 0) is 25.7 Å². The van der Waals surface area contributed by atoms with Crippen LogP contribution in [0.1, 0.15) is 19.8 Å². The molecule has 2 unspecified atom stereocenters. The number of rotatable bonds is 7. The van der Waals surface area contributed by atoms with Gasteiger partial charge in [0.15, 0.2) is 0 Å². The Morgan fingerprint density at radius 2 is 2.25 bits per heavy atom. The van der Waals surface area contributed by atoms with Crippen molar-refractivity contribution >= 4 is 11.9 Å². The molecule has 0 radical (unpaired) electrons. The van der Waals surface area contributed by atoms with Gasteiger partial charge in [-0.3, -0.25) is 4.79 Å². The van der Waals surface area contributed by atoms with Crippen LogP contribution in [0, 0.1) is 5.92 Å². The molecule has 1 amide bonds. The summed E-state index contributed by atoms with van der Waals surface area (Å²) in [5.41, 5.74) is 0. The molecule has 0 saturated heterocycles. The van der Waals surface area contributed by atoms with Gasteiger partial charge in [-0.2, -0.15) is 0 Å². The Hall–Kier alpha value is -1.36. The first kappa shape index (κ1) is 12.7. The van der Waals surface area contributed by atoms with Crippen LogP contribution in [0.2, 0.25) is 0 Å². The minimum Gasteiger partial charge on any atom is -0.480 e. The lowest BCUT2D eigenvalue weighted by molar-refractivity contribution is -0.144. The van der Waals surface area contributed by atoms with Crippen molar-refractivity contribution in [2.75, 3.05) is 6.61 Å². The summed E-state index contributed by atoms with van der Waals surface area (Å²) in [6, 6.07) is -0.776. The lowest BCUT2D eigenvalue weighted by atomic mass is 10.2. The summed E-state index contributed by atoms with van der Waals surface area (Å²) in [6.07, 6.45) is 2.61. The van der Waals surface area contributed by atoms with E-state index in [2.05, 4.69) is 11.9 Å². The highest BCUT2D eigenvalue weighted by atomic mass is 16.5. The highest BCUT2D eigenvalue weighted by molar-refractivity contribution is 5.86. The first-order valence-corrected chi connectivity index (χ1v) is 5.32. The van der Waals surface area contributed by atoms with Gasteiger partial charge < -0.3 is 15.2 Å². The highest BCUT2D eigenvalue weighted by Gasteiger charge is 2.37. The number of carbonyl (C=O) groups is 2. The van der Waals surface area contributed by atoms with Gasteiger partial charge in [0.05, 0.1) is 6.61 Å². The average molecular weight is 227 g/mol. The molecule has 0 spiro atoms. The fourth-order valence-electron chi connectivity index (χ4n) is 1.37. The molecule has 0 heterocycles. The summed E-state index contributed by atoms with van der Waals surface area (Å²) < 4.78 is 5.11. The third-order valence-corrected chi connectivity index (χ3v) is 2.49. The van der Waals surface area contributed by atoms with Crippen molar-refractivity contribution in [3.05, 3.63) is 12.7 Å². The molecule has 16 heavy (non-hydrogen) atoms. The van der Waals surface area contributed by atoms with Gasteiger partial charge in [0.1, 0.15) is 12.1 Å². The van der Waals surface area contributed by atoms with Gasteiger partial charge in [-0.1, -0.05) is 6.08 Å². The van der Waals surface area contributed by atoms with Crippen LogP contribution in [0.5, 0.6) is 0 Å². The fourth-order valence-corrected chi connectivity index (χ4v) is 1.37. The molecule has 0 aromatic carbocycles. The predicted octanol–water partition coefficient (Wildman–Crippen LogP) is 0.557.